The maximum absolute atomic E-state index is 6.60. The molecule has 238 valence electrons. The summed E-state index contributed by atoms with van der Waals surface area (Å²) in [5.74, 6) is 1.86. The van der Waals surface area contributed by atoms with Crippen molar-refractivity contribution in [2.75, 3.05) is 0 Å². The summed E-state index contributed by atoms with van der Waals surface area (Å²) in [5.41, 5.74) is 7.38. The summed E-state index contributed by atoms with van der Waals surface area (Å²) >= 11 is 1.79. The maximum atomic E-state index is 6.60. The first-order valence-corrected chi connectivity index (χ1v) is 17.6. The predicted octanol–water partition coefficient (Wildman–Crippen LogP) is 11.6. The minimum absolute atomic E-state index is 0.592. The average molecular weight is 672 g/mol. The molecule has 0 bridgehead atoms. The first kappa shape index (κ1) is 28.2. The fourth-order valence-electron chi connectivity index (χ4n) is 7.40. The zero-order valence-electron chi connectivity index (χ0n) is 27.0. The molecule has 0 radical (unpaired) electrons. The van der Waals surface area contributed by atoms with Crippen LogP contribution >= 0.6 is 11.3 Å². The molecule has 5 aromatic heterocycles. The molecular weight excluding hydrogens is 647 g/mol. The van der Waals surface area contributed by atoms with Crippen molar-refractivity contribution in [3.05, 3.63) is 152 Å². The highest BCUT2D eigenvalue weighted by atomic mass is 32.1. The number of nitrogens with zero attached hydrogens (tertiary/aromatic N) is 5. The molecule has 11 rings (SSSR count). The van der Waals surface area contributed by atoms with Crippen LogP contribution in [-0.2, 0) is 0 Å². The van der Waals surface area contributed by atoms with Gasteiger partial charge in [0, 0.05) is 70.7 Å². The van der Waals surface area contributed by atoms with Gasteiger partial charge in [0.05, 0.1) is 11.2 Å². The van der Waals surface area contributed by atoms with Gasteiger partial charge in [0.2, 0.25) is 0 Å². The molecule has 0 aliphatic rings. The van der Waals surface area contributed by atoms with Crippen LogP contribution in [0.3, 0.4) is 0 Å². The van der Waals surface area contributed by atoms with E-state index in [2.05, 4.69) is 108 Å². The van der Waals surface area contributed by atoms with Gasteiger partial charge in [-0.05, 0) is 54.6 Å². The quantitative estimate of drug-likeness (QED) is 0.186. The monoisotopic (exact) mass is 671 g/mol. The SMILES string of the molecule is c1ccc(-c2nc(-c3ccc4c(c3)oc3cc(-n5c6ccccc6c6cccnc65)ccc34)nc(-c3cccc4sc5ccccc5c34)n2)cc1. The van der Waals surface area contributed by atoms with Crippen molar-refractivity contribution in [3.8, 4) is 39.9 Å². The van der Waals surface area contributed by atoms with Gasteiger partial charge in [0.15, 0.2) is 17.5 Å². The van der Waals surface area contributed by atoms with Gasteiger partial charge in [-0.25, -0.2) is 19.9 Å². The molecule has 0 N–H and O–H groups in total. The second-order valence-corrected chi connectivity index (χ2v) is 13.8. The van der Waals surface area contributed by atoms with E-state index < -0.39 is 0 Å². The van der Waals surface area contributed by atoms with Crippen LogP contribution < -0.4 is 0 Å². The molecule has 0 aliphatic carbocycles. The number of rotatable bonds is 4. The van der Waals surface area contributed by atoms with Gasteiger partial charge in [-0.1, -0.05) is 84.9 Å². The Hall–Kier alpha value is -6.70. The van der Waals surface area contributed by atoms with Crippen LogP contribution in [0.5, 0.6) is 0 Å². The highest BCUT2D eigenvalue weighted by molar-refractivity contribution is 7.25. The number of furan rings is 1. The average Bonchev–Trinajstić information content (AvgIpc) is 3.87. The van der Waals surface area contributed by atoms with Gasteiger partial charge in [-0.15, -0.1) is 11.3 Å². The van der Waals surface area contributed by atoms with Gasteiger partial charge < -0.3 is 4.42 Å². The summed E-state index contributed by atoms with van der Waals surface area (Å²) in [6, 6.07) is 50.2. The number of thiophene rings is 1. The summed E-state index contributed by atoms with van der Waals surface area (Å²) in [7, 11) is 0. The van der Waals surface area contributed by atoms with E-state index in [9.17, 15) is 0 Å². The molecule has 0 fully saturated rings. The van der Waals surface area contributed by atoms with Crippen LogP contribution in [0.25, 0.3) is 104 Å². The van der Waals surface area contributed by atoms with E-state index in [4.69, 9.17) is 24.4 Å². The van der Waals surface area contributed by atoms with Crippen LogP contribution in [0.2, 0.25) is 0 Å². The third-order valence-electron chi connectivity index (χ3n) is 9.72. The fourth-order valence-corrected chi connectivity index (χ4v) is 8.54. The molecular formula is C44H25N5OS. The van der Waals surface area contributed by atoms with Crippen LogP contribution in [0.1, 0.15) is 0 Å². The van der Waals surface area contributed by atoms with Gasteiger partial charge in [-0.3, -0.25) is 4.57 Å². The van der Waals surface area contributed by atoms with E-state index in [1.807, 2.05) is 48.7 Å². The van der Waals surface area contributed by atoms with Gasteiger partial charge >= 0.3 is 0 Å². The van der Waals surface area contributed by atoms with E-state index in [1.165, 1.54) is 20.2 Å². The first-order valence-electron chi connectivity index (χ1n) is 16.8. The highest BCUT2D eigenvalue weighted by Crippen LogP contribution is 2.40. The molecule has 0 atom stereocenters. The smallest absolute Gasteiger partial charge is 0.164 e. The molecule has 0 unspecified atom stereocenters. The summed E-state index contributed by atoms with van der Waals surface area (Å²) in [6.45, 7) is 0. The number of hydrogen-bond donors (Lipinski definition) is 0. The first-order chi connectivity index (χ1) is 25.3. The van der Waals surface area contributed by atoms with Gasteiger partial charge in [0.25, 0.3) is 0 Å². The molecule has 7 heteroatoms. The van der Waals surface area contributed by atoms with Crippen molar-refractivity contribution in [3.63, 3.8) is 0 Å². The lowest BCUT2D eigenvalue weighted by molar-refractivity contribution is 0.668. The van der Waals surface area contributed by atoms with Crippen molar-refractivity contribution in [1.82, 2.24) is 24.5 Å². The van der Waals surface area contributed by atoms with Crippen molar-refractivity contribution < 1.29 is 4.42 Å². The Bertz CT molecular complexity index is 3100. The second kappa shape index (κ2) is 10.9. The van der Waals surface area contributed by atoms with Crippen LogP contribution in [-0.4, -0.2) is 24.5 Å². The number of pyridine rings is 1. The molecule has 0 saturated carbocycles. The molecule has 6 nitrogen and oxygen atoms in total. The molecule has 11 aromatic rings. The van der Waals surface area contributed by atoms with E-state index in [-0.39, 0.29) is 0 Å². The van der Waals surface area contributed by atoms with E-state index in [1.54, 1.807) is 11.3 Å². The Balaban J connectivity index is 1.08. The molecule has 5 heterocycles. The zero-order chi connectivity index (χ0) is 33.5. The molecule has 51 heavy (non-hydrogen) atoms. The number of fused-ring (bicyclic) bond motifs is 9. The van der Waals surface area contributed by atoms with E-state index in [0.717, 1.165) is 66.3 Å². The third kappa shape index (κ3) is 4.35. The summed E-state index contributed by atoms with van der Waals surface area (Å²) in [6.07, 6.45) is 1.84. The summed E-state index contributed by atoms with van der Waals surface area (Å²) < 4.78 is 11.3. The third-order valence-corrected chi connectivity index (χ3v) is 10.9. The lowest BCUT2D eigenvalue weighted by atomic mass is 10.1. The van der Waals surface area contributed by atoms with Crippen molar-refractivity contribution in [2.45, 2.75) is 0 Å². The lowest BCUT2D eigenvalue weighted by Gasteiger charge is -2.09. The molecule has 0 spiro atoms. The minimum Gasteiger partial charge on any atom is -0.456 e. The number of benzene rings is 6. The standard InChI is InChI=1S/C44H25N5OS/c1-2-10-26(11-3-1)41-46-42(48-43(47-41)34-14-8-18-39-40(34)33-13-5-7-17-38(33)51-39)27-19-21-30-31-22-20-28(25-37(31)50-36(30)24-27)49-35-16-6-4-12-29(35)32-15-9-23-45-44(32)49/h1-25H. The Morgan fingerprint density at radius 2 is 1.20 bits per heavy atom. The topological polar surface area (TPSA) is 69.6 Å². The molecule has 6 aromatic carbocycles. The minimum atomic E-state index is 0.592. The zero-order valence-corrected chi connectivity index (χ0v) is 27.8. The number of aromatic nitrogens is 5. The Labute approximate surface area is 294 Å². The molecule has 0 amide bonds. The van der Waals surface area contributed by atoms with E-state index in [0.29, 0.717) is 17.5 Å². The van der Waals surface area contributed by atoms with Crippen LogP contribution in [0.4, 0.5) is 0 Å². The number of hydrogen-bond acceptors (Lipinski definition) is 6. The van der Waals surface area contributed by atoms with Crippen molar-refractivity contribution in [1.29, 1.82) is 0 Å². The lowest BCUT2D eigenvalue weighted by Crippen LogP contribution is -2.00. The molecule has 0 saturated heterocycles. The normalized spacial score (nSPS) is 11.9. The van der Waals surface area contributed by atoms with Crippen molar-refractivity contribution in [2.24, 2.45) is 0 Å². The van der Waals surface area contributed by atoms with Crippen LogP contribution in [0, 0.1) is 0 Å². The van der Waals surface area contributed by atoms with Gasteiger partial charge in [-0.2, -0.15) is 0 Å². The molecule has 0 aliphatic heterocycles. The van der Waals surface area contributed by atoms with E-state index >= 15 is 0 Å². The summed E-state index contributed by atoms with van der Waals surface area (Å²) in [5, 5.41) is 6.74. The Kier molecular flexibility index (Phi) is 6.02. The van der Waals surface area contributed by atoms with Crippen LogP contribution in [0.15, 0.2) is 156 Å². The predicted molar refractivity (Wildman–Crippen MR) is 208 cm³/mol. The Morgan fingerprint density at radius 1 is 0.490 bits per heavy atom. The van der Waals surface area contributed by atoms with Gasteiger partial charge in [0.1, 0.15) is 16.8 Å². The fraction of sp³-hybridized carbons (Fsp3) is 0. The maximum Gasteiger partial charge on any atom is 0.164 e. The number of para-hydroxylation sites is 1. The Morgan fingerprint density at radius 3 is 2.10 bits per heavy atom. The second-order valence-electron chi connectivity index (χ2n) is 12.7. The summed E-state index contributed by atoms with van der Waals surface area (Å²) in [4.78, 5) is 20.0. The van der Waals surface area contributed by atoms with Crippen molar-refractivity contribution >= 4 is 75.4 Å². The largest absolute Gasteiger partial charge is 0.456 e. The highest BCUT2D eigenvalue weighted by Gasteiger charge is 2.19.